The zero-order valence-corrected chi connectivity index (χ0v) is 14.4. The fourth-order valence-electron chi connectivity index (χ4n) is 2.33. The SMILES string of the molecule is O=C(CSc1nnc([C@H]2CCS(=O)(=O)C2)o1)Nc1ccc(F)c(F)c1. The van der Waals surface area contributed by atoms with Crippen LogP contribution < -0.4 is 5.32 Å². The zero-order chi connectivity index (χ0) is 18.0. The van der Waals surface area contributed by atoms with Crippen molar-refractivity contribution >= 4 is 33.2 Å². The Hall–Kier alpha value is -2.01. The number of rotatable bonds is 5. The Balaban J connectivity index is 1.53. The maximum Gasteiger partial charge on any atom is 0.277 e. The van der Waals surface area contributed by atoms with E-state index in [0.29, 0.717) is 6.42 Å². The number of hydrogen-bond donors (Lipinski definition) is 1. The first-order valence-electron chi connectivity index (χ1n) is 7.24. The third kappa shape index (κ3) is 4.54. The first-order chi connectivity index (χ1) is 11.8. The Morgan fingerprint density at radius 1 is 1.32 bits per heavy atom. The summed E-state index contributed by atoms with van der Waals surface area (Å²) in [6.07, 6.45) is 0.436. The molecule has 7 nitrogen and oxygen atoms in total. The van der Waals surface area contributed by atoms with Crippen LogP contribution in [0.4, 0.5) is 14.5 Å². The maximum atomic E-state index is 13.1. The van der Waals surface area contributed by atoms with Crippen LogP contribution in [0, 0.1) is 11.6 Å². The molecule has 2 heterocycles. The summed E-state index contributed by atoms with van der Waals surface area (Å²) in [6.45, 7) is 0. The Morgan fingerprint density at radius 3 is 2.80 bits per heavy atom. The molecule has 1 fully saturated rings. The highest BCUT2D eigenvalue weighted by Gasteiger charge is 2.32. The van der Waals surface area contributed by atoms with Crippen molar-refractivity contribution in [2.24, 2.45) is 0 Å². The number of sulfone groups is 1. The maximum absolute atomic E-state index is 13.1. The lowest BCUT2D eigenvalue weighted by Crippen LogP contribution is -2.14. The van der Waals surface area contributed by atoms with Crippen molar-refractivity contribution < 1.29 is 26.4 Å². The van der Waals surface area contributed by atoms with Gasteiger partial charge in [-0.3, -0.25) is 4.79 Å². The van der Waals surface area contributed by atoms with Gasteiger partial charge in [-0.2, -0.15) is 0 Å². The van der Waals surface area contributed by atoms with E-state index in [-0.39, 0.29) is 40.0 Å². The van der Waals surface area contributed by atoms with Gasteiger partial charge in [0.1, 0.15) is 0 Å². The predicted molar refractivity (Wildman–Crippen MR) is 86.0 cm³/mol. The fourth-order valence-corrected chi connectivity index (χ4v) is 4.63. The molecule has 1 atom stereocenters. The van der Waals surface area contributed by atoms with Crippen LogP contribution in [0.5, 0.6) is 0 Å². The van der Waals surface area contributed by atoms with Gasteiger partial charge in [0.2, 0.25) is 11.8 Å². The van der Waals surface area contributed by atoms with E-state index < -0.39 is 27.4 Å². The number of carbonyl (C=O) groups excluding carboxylic acids is 1. The molecule has 0 aliphatic carbocycles. The Labute approximate surface area is 146 Å². The van der Waals surface area contributed by atoms with E-state index in [2.05, 4.69) is 15.5 Å². The smallest absolute Gasteiger partial charge is 0.277 e. The molecule has 1 amide bonds. The van der Waals surface area contributed by atoms with Gasteiger partial charge < -0.3 is 9.73 Å². The molecule has 11 heteroatoms. The van der Waals surface area contributed by atoms with Crippen molar-refractivity contribution in [3.8, 4) is 0 Å². The number of amides is 1. The second-order valence-corrected chi connectivity index (χ2v) is 8.63. The second kappa shape index (κ2) is 7.08. The summed E-state index contributed by atoms with van der Waals surface area (Å²) in [5, 5.41) is 10.2. The molecule has 25 heavy (non-hydrogen) atoms. The number of thioether (sulfide) groups is 1. The zero-order valence-electron chi connectivity index (χ0n) is 12.7. The highest BCUT2D eigenvalue weighted by molar-refractivity contribution is 7.99. The largest absolute Gasteiger partial charge is 0.416 e. The molecule has 0 saturated carbocycles. The van der Waals surface area contributed by atoms with E-state index >= 15 is 0 Å². The Morgan fingerprint density at radius 2 is 2.12 bits per heavy atom. The number of nitrogens with one attached hydrogen (secondary N) is 1. The van der Waals surface area contributed by atoms with Gasteiger partial charge in [-0.15, -0.1) is 10.2 Å². The normalized spacial score (nSPS) is 19.0. The summed E-state index contributed by atoms with van der Waals surface area (Å²) in [5.74, 6) is -2.59. The van der Waals surface area contributed by atoms with Gasteiger partial charge in [0.25, 0.3) is 5.22 Å². The van der Waals surface area contributed by atoms with Crippen LogP contribution in [-0.4, -0.2) is 41.8 Å². The summed E-state index contributed by atoms with van der Waals surface area (Å²) in [6, 6.07) is 3.04. The average Bonchev–Trinajstić information content (AvgIpc) is 3.15. The summed E-state index contributed by atoms with van der Waals surface area (Å²) in [4.78, 5) is 11.8. The molecule has 0 unspecified atom stereocenters. The van der Waals surface area contributed by atoms with Crippen LogP contribution in [0.25, 0.3) is 0 Å². The molecule has 1 aliphatic rings. The molecule has 134 valence electrons. The van der Waals surface area contributed by atoms with Crippen LogP contribution >= 0.6 is 11.8 Å². The van der Waals surface area contributed by atoms with Gasteiger partial charge in [-0.25, -0.2) is 17.2 Å². The van der Waals surface area contributed by atoms with Gasteiger partial charge in [0, 0.05) is 11.8 Å². The van der Waals surface area contributed by atoms with E-state index in [1.165, 1.54) is 6.07 Å². The molecule has 2 aromatic rings. The number of anilines is 1. The Kier molecular flexibility index (Phi) is 5.04. The van der Waals surface area contributed by atoms with Crippen molar-refractivity contribution in [1.29, 1.82) is 0 Å². The van der Waals surface area contributed by atoms with Gasteiger partial charge >= 0.3 is 0 Å². The number of halogens is 2. The third-order valence-electron chi connectivity index (χ3n) is 3.53. The van der Waals surface area contributed by atoms with Crippen LogP contribution in [0.15, 0.2) is 27.8 Å². The molecule has 1 aliphatic heterocycles. The highest BCUT2D eigenvalue weighted by atomic mass is 32.2. The first kappa shape index (κ1) is 17.8. The van der Waals surface area contributed by atoms with E-state index in [4.69, 9.17) is 4.42 Å². The number of benzene rings is 1. The minimum absolute atomic E-state index is 0.0179. The molecule has 0 radical (unpaired) electrons. The number of nitrogens with zero attached hydrogens (tertiary/aromatic N) is 2. The predicted octanol–water partition coefficient (Wildman–Crippen LogP) is 1.98. The quantitative estimate of drug-likeness (QED) is 0.780. The minimum atomic E-state index is -3.06. The van der Waals surface area contributed by atoms with Gasteiger partial charge in [-0.05, 0) is 18.6 Å². The summed E-state index contributed by atoms with van der Waals surface area (Å²) in [5.41, 5.74) is 0.131. The molecule has 1 aromatic carbocycles. The molecule has 0 bridgehead atoms. The van der Waals surface area contributed by atoms with Crippen molar-refractivity contribution in [2.75, 3.05) is 22.6 Å². The Bertz CT molecular complexity index is 901. The number of carbonyl (C=O) groups is 1. The third-order valence-corrected chi connectivity index (χ3v) is 6.12. The number of hydrogen-bond acceptors (Lipinski definition) is 7. The lowest BCUT2D eigenvalue weighted by molar-refractivity contribution is -0.113. The first-order valence-corrected chi connectivity index (χ1v) is 10.0. The fraction of sp³-hybridized carbons (Fsp3) is 0.357. The summed E-state index contributed by atoms with van der Waals surface area (Å²) < 4.78 is 54.2. The molecule has 0 spiro atoms. The lowest BCUT2D eigenvalue weighted by atomic mass is 10.1. The van der Waals surface area contributed by atoms with Gasteiger partial charge in [0.15, 0.2) is 21.5 Å². The van der Waals surface area contributed by atoms with Crippen LogP contribution in [-0.2, 0) is 14.6 Å². The van der Waals surface area contributed by atoms with E-state index in [9.17, 15) is 22.0 Å². The van der Waals surface area contributed by atoms with Crippen molar-refractivity contribution in [3.05, 3.63) is 35.7 Å². The number of aromatic nitrogens is 2. The summed E-state index contributed by atoms with van der Waals surface area (Å²) in [7, 11) is -3.06. The monoisotopic (exact) mass is 389 g/mol. The van der Waals surface area contributed by atoms with E-state index in [1.54, 1.807) is 0 Å². The van der Waals surface area contributed by atoms with Gasteiger partial charge in [-0.1, -0.05) is 11.8 Å². The van der Waals surface area contributed by atoms with Crippen molar-refractivity contribution in [2.45, 2.75) is 17.6 Å². The molecule has 1 aromatic heterocycles. The minimum Gasteiger partial charge on any atom is -0.416 e. The molecule has 1 saturated heterocycles. The van der Waals surface area contributed by atoms with Gasteiger partial charge in [0.05, 0.1) is 23.2 Å². The van der Waals surface area contributed by atoms with Crippen LogP contribution in [0.1, 0.15) is 18.2 Å². The van der Waals surface area contributed by atoms with Crippen molar-refractivity contribution in [1.82, 2.24) is 10.2 Å². The van der Waals surface area contributed by atoms with E-state index in [0.717, 1.165) is 23.9 Å². The van der Waals surface area contributed by atoms with Crippen molar-refractivity contribution in [3.63, 3.8) is 0 Å². The highest BCUT2D eigenvalue weighted by Crippen LogP contribution is 2.29. The molecular formula is C14H13F2N3O4S2. The standard InChI is InChI=1S/C14H13F2N3O4S2/c15-10-2-1-9(5-11(10)16)17-12(20)6-24-14-19-18-13(23-14)8-3-4-25(21,22)7-8/h1-2,5,8H,3-4,6-7H2,(H,17,20)/t8-/m0/s1. The average molecular weight is 389 g/mol. The molecular weight excluding hydrogens is 376 g/mol. The van der Waals surface area contributed by atoms with Crippen LogP contribution in [0.3, 0.4) is 0 Å². The molecule has 1 N–H and O–H groups in total. The molecule has 3 rings (SSSR count). The second-order valence-electron chi connectivity index (χ2n) is 5.47. The van der Waals surface area contributed by atoms with Crippen LogP contribution in [0.2, 0.25) is 0 Å². The van der Waals surface area contributed by atoms with E-state index in [1.807, 2.05) is 0 Å². The lowest BCUT2D eigenvalue weighted by Gasteiger charge is -2.04. The summed E-state index contributed by atoms with van der Waals surface area (Å²) >= 11 is 0.965. The topological polar surface area (TPSA) is 102 Å².